The van der Waals surface area contributed by atoms with Crippen LogP contribution in [-0.2, 0) is 10.3 Å². The van der Waals surface area contributed by atoms with E-state index in [1.807, 2.05) is 42.5 Å². The highest BCUT2D eigenvalue weighted by atomic mass is 19.1. The molecule has 6 heterocycles. The molecule has 2 fully saturated rings. The van der Waals surface area contributed by atoms with E-state index in [1.54, 1.807) is 45.3 Å². The second kappa shape index (κ2) is 7.66. The molecule has 2 atom stereocenters. The molecule has 2 unspecified atom stereocenters. The number of ketones is 1. The van der Waals surface area contributed by atoms with Gasteiger partial charge in [-0.15, -0.1) is 0 Å². The zero-order valence-corrected chi connectivity index (χ0v) is 21.4. The molecule has 0 aromatic carbocycles. The summed E-state index contributed by atoms with van der Waals surface area (Å²) in [4.78, 5) is 35.9. The highest BCUT2D eigenvalue weighted by Gasteiger charge is 2.62. The number of aryl methyl sites for hydroxylation is 1. The van der Waals surface area contributed by atoms with Crippen molar-refractivity contribution in [2.75, 3.05) is 0 Å². The predicted molar refractivity (Wildman–Crippen MR) is 144 cm³/mol. The summed E-state index contributed by atoms with van der Waals surface area (Å²) in [6, 6.07) is 3.92. The van der Waals surface area contributed by atoms with E-state index in [2.05, 4.69) is 20.3 Å². The van der Waals surface area contributed by atoms with Crippen LogP contribution in [0, 0.1) is 18.3 Å². The Morgan fingerprint density at radius 1 is 1.00 bits per heavy atom. The molecule has 5 aliphatic rings. The number of rotatable bonds is 2. The molecule has 0 amide bonds. The van der Waals surface area contributed by atoms with Crippen molar-refractivity contribution in [1.29, 1.82) is 0 Å². The Balaban J connectivity index is 1.54. The van der Waals surface area contributed by atoms with Crippen molar-refractivity contribution in [2.45, 2.75) is 44.7 Å². The topological polar surface area (TPSA) is 95.4 Å². The number of allylic oxidation sites excluding steroid dienone is 4. The average molecular weight is 507 g/mol. The number of hydrogen-bond acceptors (Lipinski definition) is 6. The van der Waals surface area contributed by atoms with Crippen LogP contribution >= 0.6 is 0 Å². The standard InChI is InChI=1S/C30H27FN6O/c1-17-32-15-19(16-33-17)29-11-10-23(36-29)13-22-7-6-20(34-22)12-21-8-9-24(35-21)14-30(18-4-5-18)27(38)28(2,3)26(37-30)25(29)31/h6-16,18,34,37H,4-5H2,1-3H3. The van der Waals surface area contributed by atoms with Crippen LogP contribution < -0.4 is 16.0 Å². The number of nitrogens with zero attached hydrogens (tertiary/aromatic N) is 4. The Morgan fingerprint density at radius 3 is 2.42 bits per heavy atom. The Bertz CT molecular complexity index is 1710. The van der Waals surface area contributed by atoms with Gasteiger partial charge in [0.15, 0.2) is 17.1 Å². The lowest BCUT2D eigenvalue weighted by Crippen LogP contribution is -2.47. The smallest absolute Gasteiger partial charge is 0.173 e. The van der Waals surface area contributed by atoms with Gasteiger partial charge >= 0.3 is 0 Å². The molecule has 7 nitrogen and oxygen atoms in total. The number of halogens is 1. The molecule has 8 heteroatoms. The maximum absolute atomic E-state index is 17.1. The molecule has 1 saturated heterocycles. The lowest BCUT2D eigenvalue weighted by atomic mass is 9.76. The molecule has 0 radical (unpaired) electrons. The molecule has 190 valence electrons. The molecule has 2 aromatic rings. The Kier molecular flexibility index (Phi) is 4.63. The zero-order chi connectivity index (χ0) is 26.3. The van der Waals surface area contributed by atoms with Gasteiger partial charge in [0.2, 0.25) is 0 Å². The Labute approximate surface area is 219 Å². The maximum Gasteiger partial charge on any atom is 0.173 e. The first-order valence-corrected chi connectivity index (χ1v) is 12.9. The third-order valence-electron chi connectivity index (χ3n) is 8.09. The average Bonchev–Trinajstić information content (AvgIpc) is 3.21. The van der Waals surface area contributed by atoms with Crippen LogP contribution in [0.2, 0.25) is 0 Å². The number of aromatic nitrogens is 3. The number of Topliss-reactive ketones (excluding diaryl/α,β-unsaturated/α-hetero) is 1. The molecule has 8 bridgehead atoms. The first-order valence-electron chi connectivity index (χ1n) is 12.9. The molecule has 0 spiro atoms. The van der Waals surface area contributed by atoms with Gasteiger partial charge in [0.1, 0.15) is 11.4 Å². The van der Waals surface area contributed by atoms with Crippen LogP contribution in [-0.4, -0.2) is 37.7 Å². The van der Waals surface area contributed by atoms with Crippen molar-refractivity contribution in [3.63, 3.8) is 0 Å². The fraction of sp³-hybridized carbons (Fsp3) is 0.300. The van der Waals surface area contributed by atoms with E-state index in [4.69, 9.17) is 9.98 Å². The minimum absolute atomic E-state index is 0.0582. The second-order valence-corrected chi connectivity index (χ2v) is 11.2. The molecular formula is C30H27FN6O. The van der Waals surface area contributed by atoms with Crippen molar-refractivity contribution in [2.24, 2.45) is 21.3 Å². The van der Waals surface area contributed by atoms with Gasteiger partial charge in [-0.3, -0.25) is 9.79 Å². The summed E-state index contributed by atoms with van der Waals surface area (Å²) in [5.41, 5.74) is -0.844. The number of nitrogens with one attached hydrogen (secondary N) is 2. The van der Waals surface area contributed by atoms with Gasteiger partial charge in [0, 0.05) is 28.7 Å². The van der Waals surface area contributed by atoms with Gasteiger partial charge in [-0.1, -0.05) is 0 Å². The SMILES string of the molecule is Cc1ncc(C23C=CC(=N2)C=c2ccc([nH]2)=CC2=NC(=CC4(C5CC5)NC(=C3F)C(C)(C)C4=O)C=C2)cn1. The summed E-state index contributed by atoms with van der Waals surface area (Å²) in [5.74, 6) is 0.0660. The van der Waals surface area contributed by atoms with E-state index in [1.165, 1.54) is 0 Å². The van der Waals surface area contributed by atoms with Crippen LogP contribution in [0.3, 0.4) is 0 Å². The lowest BCUT2D eigenvalue weighted by molar-refractivity contribution is -0.127. The lowest BCUT2D eigenvalue weighted by Gasteiger charge is -2.28. The molecular weight excluding hydrogens is 479 g/mol. The second-order valence-electron chi connectivity index (χ2n) is 11.2. The number of H-pyrrole nitrogens is 1. The Morgan fingerprint density at radius 2 is 1.71 bits per heavy atom. The molecule has 2 N–H and O–H groups in total. The number of hydrogen-bond donors (Lipinski definition) is 2. The fourth-order valence-electron chi connectivity index (χ4n) is 5.88. The Hall–Kier alpha value is -4.20. The molecule has 4 aliphatic heterocycles. The number of carbonyl (C=O) groups excluding carboxylic acids is 1. The van der Waals surface area contributed by atoms with E-state index >= 15 is 4.39 Å². The third-order valence-corrected chi connectivity index (χ3v) is 8.09. The molecule has 7 rings (SSSR count). The van der Waals surface area contributed by atoms with Gasteiger partial charge in [-0.25, -0.2) is 19.4 Å². The van der Waals surface area contributed by atoms with Gasteiger partial charge in [0.25, 0.3) is 0 Å². The van der Waals surface area contributed by atoms with Crippen molar-refractivity contribution >= 4 is 29.4 Å². The molecule has 38 heavy (non-hydrogen) atoms. The van der Waals surface area contributed by atoms with Crippen LogP contribution in [0.5, 0.6) is 0 Å². The van der Waals surface area contributed by atoms with E-state index in [9.17, 15) is 4.79 Å². The van der Waals surface area contributed by atoms with Gasteiger partial charge in [0.05, 0.1) is 28.2 Å². The van der Waals surface area contributed by atoms with Gasteiger partial charge in [-0.2, -0.15) is 0 Å². The van der Waals surface area contributed by atoms with Crippen molar-refractivity contribution in [3.8, 4) is 0 Å². The number of fused-ring (bicyclic) bond motifs is 6. The van der Waals surface area contributed by atoms with E-state index in [0.29, 0.717) is 22.8 Å². The van der Waals surface area contributed by atoms with Crippen LogP contribution in [0.1, 0.15) is 38.1 Å². The number of aromatic amines is 1. The number of aliphatic imine (C=N–C) groups is 2. The minimum atomic E-state index is -1.50. The largest absolute Gasteiger partial charge is 0.370 e. The molecule has 2 aromatic heterocycles. The summed E-state index contributed by atoms with van der Waals surface area (Å²) in [6.07, 6.45) is 18.1. The summed E-state index contributed by atoms with van der Waals surface area (Å²) < 4.78 is 17.1. The third kappa shape index (κ3) is 3.29. The molecule has 1 saturated carbocycles. The monoisotopic (exact) mass is 506 g/mol. The minimum Gasteiger partial charge on any atom is -0.370 e. The highest BCUT2D eigenvalue weighted by Crippen LogP contribution is 2.54. The van der Waals surface area contributed by atoms with Crippen LogP contribution in [0.25, 0.3) is 12.2 Å². The van der Waals surface area contributed by atoms with Crippen LogP contribution in [0.15, 0.2) is 82.1 Å². The first-order chi connectivity index (χ1) is 18.2. The van der Waals surface area contributed by atoms with Gasteiger partial charge in [-0.05, 0) is 94.2 Å². The van der Waals surface area contributed by atoms with E-state index < -0.39 is 22.3 Å². The van der Waals surface area contributed by atoms with Crippen molar-refractivity contribution in [3.05, 3.63) is 94.2 Å². The van der Waals surface area contributed by atoms with Crippen molar-refractivity contribution in [1.82, 2.24) is 20.3 Å². The number of carbonyl (C=O) groups is 1. The van der Waals surface area contributed by atoms with E-state index in [-0.39, 0.29) is 17.4 Å². The maximum atomic E-state index is 17.1. The highest BCUT2D eigenvalue weighted by molar-refractivity contribution is 6.20. The summed E-state index contributed by atoms with van der Waals surface area (Å²) in [6.45, 7) is 5.36. The fourth-order valence-corrected chi connectivity index (χ4v) is 5.88. The first kappa shape index (κ1) is 23.0. The van der Waals surface area contributed by atoms with Crippen molar-refractivity contribution < 1.29 is 9.18 Å². The summed E-state index contributed by atoms with van der Waals surface area (Å²) >= 11 is 0. The summed E-state index contributed by atoms with van der Waals surface area (Å²) in [7, 11) is 0. The normalized spacial score (nSPS) is 28.9. The zero-order valence-electron chi connectivity index (χ0n) is 21.4. The van der Waals surface area contributed by atoms with Gasteiger partial charge < -0.3 is 10.3 Å². The van der Waals surface area contributed by atoms with E-state index in [0.717, 1.165) is 29.3 Å². The van der Waals surface area contributed by atoms with Crippen LogP contribution in [0.4, 0.5) is 4.39 Å². The quantitative estimate of drug-likeness (QED) is 0.655. The summed E-state index contributed by atoms with van der Waals surface area (Å²) in [5, 5.41) is 5.13. The predicted octanol–water partition coefficient (Wildman–Crippen LogP) is 3.02. The molecule has 1 aliphatic carbocycles.